The molecule has 0 saturated carbocycles. The lowest BCUT2D eigenvalue weighted by molar-refractivity contribution is -0.184. The van der Waals surface area contributed by atoms with Gasteiger partial charge in [-0.2, -0.15) is 0 Å². The predicted octanol–water partition coefficient (Wildman–Crippen LogP) is 1.87. The SMILES string of the molecule is Cc1cc(Cl)ccc1C1(O)COC1. The van der Waals surface area contributed by atoms with Crippen LogP contribution in [0.3, 0.4) is 0 Å². The van der Waals surface area contributed by atoms with Crippen LogP contribution in [0.25, 0.3) is 0 Å². The summed E-state index contributed by atoms with van der Waals surface area (Å²) in [4.78, 5) is 0. The van der Waals surface area contributed by atoms with E-state index in [0.717, 1.165) is 11.1 Å². The fraction of sp³-hybridized carbons (Fsp3) is 0.400. The minimum absolute atomic E-state index is 0.384. The summed E-state index contributed by atoms with van der Waals surface area (Å²) in [5, 5.41) is 10.7. The van der Waals surface area contributed by atoms with E-state index in [1.165, 1.54) is 0 Å². The first-order chi connectivity index (χ1) is 6.12. The molecular formula is C10H11ClO2. The number of hydrogen-bond acceptors (Lipinski definition) is 2. The van der Waals surface area contributed by atoms with Gasteiger partial charge in [-0.15, -0.1) is 0 Å². The Kier molecular flexibility index (Phi) is 2.06. The van der Waals surface area contributed by atoms with Gasteiger partial charge in [-0.1, -0.05) is 17.7 Å². The summed E-state index contributed by atoms with van der Waals surface area (Å²) in [6.45, 7) is 2.71. The first-order valence-electron chi connectivity index (χ1n) is 4.19. The van der Waals surface area contributed by atoms with E-state index in [9.17, 15) is 5.11 Å². The van der Waals surface area contributed by atoms with Crippen molar-refractivity contribution in [2.75, 3.05) is 13.2 Å². The summed E-state index contributed by atoms with van der Waals surface area (Å²) in [6.07, 6.45) is 0. The van der Waals surface area contributed by atoms with E-state index in [-0.39, 0.29) is 0 Å². The van der Waals surface area contributed by atoms with Crippen LogP contribution in [0.2, 0.25) is 5.02 Å². The molecule has 1 aliphatic heterocycles. The Morgan fingerprint density at radius 2 is 2.15 bits per heavy atom. The van der Waals surface area contributed by atoms with Crippen molar-refractivity contribution < 1.29 is 9.84 Å². The zero-order valence-corrected chi connectivity index (χ0v) is 8.14. The molecule has 0 radical (unpaired) electrons. The minimum Gasteiger partial charge on any atom is -0.380 e. The van der Waals surface area contributed by atoms with E-state index in [1.807, 2.05) is 19.1 Å². The first kappa shape index (κ1) is 9.00. The smallest absolute Gasteiger partial charge is 0.136 e. The first-order valence-corrected chi connectivity index (χ1v) is 4.56. The van der Waals surface area contributed by atoms with Gasteiger partial charge in [0.15, 0.2) is 0 Å². The highest BCUT2D eigenvalue weighted by molar-refractivity contribution is 6.30. The maximum absolute atomic E-state index is 9.98. The van der Waals surface area contributed by atoms with Gasteiger partial charge >= 0.3 is 0 Å². The molecule has 13 heavy (non-hydrogen) atoms. The Balaban J connectivity index is 2.40. The summed E-state index contributed by atoms with van der Waals surface area (Å²) < 4.78 is 4.99. The average Bonchev–Trinajstić information content (AvgIpc) is 2.00. The van der Waals surface area contributed by atoms with Gasteiger partial charge < -0.3 is 9.84 Å². The molecule has 3 heteroatoms. The summed E-state index contributed by atoms with van der Waals surface area (Å²) >= 11 is 5.82. The summed E-state index contributed by atoms with van der Waals surface area (Å²) in [7, 11) is 0. The van der Waals surface area contributed by atoms with Crippen LogP contribution in [0.5, 0.6) is 0 Å². The average molecular weight is 199 g/mol. The highest BCUT2D eigenvalue weighted by Crippen LogP contribution is 2.32. The molecule has 1 fully saturated rings. The molecule has 1 aliphatic rings. The van der Waals surface area contributed by atoms with Gasteiger partial charge in [0.05, 0.1) is 13.2 Å². The highest BCUT2D eigenvalue weighted by atomic mass is 35.5. The van der Waals surface area contributed by atoms with Crippen molar-refractivity contribution in [2.45, 2.75) is 12.5 Å². The van der Waals surface area contributed by atoms with Crippen molar-refractivity contribution in [3.05, 3.63) is 34.3 Å². The molecule has 1 N–H and O–H groups in total. The molecule has 0 atom stereocenters. The molecule has 2 rings (SSSR count). The van der Waals surface area contributed by atoms with E-state index >= 15 is 0 Å². The molecule has 0 aliphatic carbocycles. The second-order valence-corrected chi connectivity index (χ2v) is 3.92. The summed E-state index contributed by atoms with van der Waals surface area (Å²) in [5.74, 6) is 0. The Morgan fingerprint density at radius 1 is 1.46 bits per heavy atom. The Bertz CT molecular complexity index is 332. The zero-order valence-electron chi connectivity index (χ0n) is 7.38. The number of aliphatic hydroxyl groups is 1. The van der Waals surface area contributed by atoms with E-state index in [1.54, 1.807) is 6.07 Å². The fourth-order valence-electron chi connectivity index (χ4n) is 1.60. The quantitative estimate of drug-likeness (QED) is 0.747. The van der Waals surface area contributed by atoms with Crippen molar-refractivity contribution >= 4 is 11.6 Å². The normalized spacial score (nSPS) is 19.6. The van der Waals surface area contributed by atoms with Crippen LogP contribution >= 0.6 is 11.6 Å². The van der Waals surface area contributed by atoms with Gasteiger partial charge in [-0.25, -0.2) is 0 Å². The third kappa shape index (κ3) is 1.46. The molecular weight excluding hydrogens is 188 g/mol. The standard InChI is InChI=1S/C10H11ClO2/c1-7-4-8(11)2-3-9(7)10(12)5-13-6-10/h2-4,12H,5-6H2,1H3. The van der Waals surface area contributed by atoms with E-state index < -0.39 is 5.60 Å². The van der Waals surface area contributed by atoms with Gasteiger partial charge in [-0.3, -0.25) is 0 Å². The molecule has 0 amide bonds. The lowest BCUT2D eigenvalue weighted by Crippen LogP contribution is -2.46. The molecule has 1 aromatic rings. The molecule has 0 spiro atoms. The molecule has 0 bridgehead atoms. The van der Waals surface area contributed by atoms with Crippen LogP contribution < -0.4 is 0 Å². The zero-order chi connectivity index (χ0) is 9.47. The molecule has 2 nitrogen and oxygen atoms in total. The Labute approximate surface area is 82.1 Å². The lowest BCUT2D eigenvalue weighted by atomic mass is 9.89. The van der Waals surface area contributed by atoms with Gasteiger partial charge in [-0.05, 0) is 30.2 Å². The fourth-order valence-corrected chi connectivity index (χ4v) is 1.83. The van der Waals surface area contributed by atoms with Crippen LogP contribution in [0, 0.1) is 6.92 Å². The van der Waals surface area contributed by atoms with Crippen LogP contribution in [0.1, 0.15) is 11.1 Å². The number of rotatable bonds is 1. The van der Waals surface area contributed by atoms with E-state index in [4.69, 9.17) is 16.3 Å². The van der Waals surface area contributed by atoms with Crippen molar-refractivity contribution in [1.29, 1.82) is 0 Å². The molecule has 0 aromatic heterocycles. The monoisotopic (exact) mass is 198 g/mol. The van der Waals surface area contributed by atoms with Crippen molar-refractivity contribution in [3.63, 3.8) is 0 Å². The van der Waals surface area contributed by atoms with E-state index in [2.05, 4.69) is 0 Å². The van der Waals surface area contributed by atoms with E-state index in [0.29, 0.717) is 18.2 Å². The van der Waals surface area contributed by atoms with Crippen LogP contribution in [0.15, 0.2) is 18.2 Å². The Hall–Kier alpha value is -0.570. The molecule has 0 unspecified atom stereocenters. The molecule has 1 heterocycles. The predicted molar refractivity (Wildman–Crippen MR) is 50.9 cm³/mol. The van der Waals surface area contributed by atoms with Crippen LogP contribution in [0.4, 0.5) is 0 Å². The topological polar surface area (TPSA) is 29.5 Å². The van der Waals surface area contributed by atoms with Crippen molar-refractivity contribution in [3.8, 4) is 0 Å². The lowest BCUT2D eigenvalue weighted by Gasteiger charge is -2.37. The Morgan fingerprint density at radius 3 is 2.62 bits per heavy atom. The molecule has 1 aromatic carbocycles. The third-order valence-electron chi connectivity index (χ3n) is 2.37. The van der Waals surface area contributed by atoms with Crippen molar-refractivity contribution in [1.82, 2.24) is 0 Å². The van der Waals surface area contributed by atoms with Crippen LogP contribution in [-0.4, -0.2) is 18.3 Å². The summed E-state index contributed by atoms with van der Waals surface area (Å²) in [5.41, 5.74) is 1.15. The molecule has 70 valence electrons. The second kappa shape index (κ2) is 2.98. The maximum Gasteiger partial charge on any atom is 0.136 e. The number of ether oxygens (including phenoxy) is 1. The highest BCUT2D eigenvalue weighted by Gasteiger charge is 2.38. The minimum atomic E-state index is -0.783. The maximum atomic E-state index is 9.98. The van der Waals surface area contributed by atoms with Gasteiger partial charge in [0, 0.05) is 5.02 Å². The number of halogens is 1. The number of hydrogen-bond donors (Lipinski definition) is 1. The molecule has 1 saturated heterocycles. The van der Waals surface area contributed by atoms with Crippen molar-refractivity contribution in [2.24, 2.45) is 0 Å². The number of aryl methyl sites for hydroxylation is 1. The largest absolute Gasteiger partial charge is 0.380 e. The van der Waals surface area contributed by atoms with Crippen LogP contribution in [-0.2, 0) is 10.3 Å². The van der Waals surface area contributed by atoms with Gasteiger partial charge in [0.1, 0.15) is 5.60 Å². The number of benzene rings is 1. The third-order valence-corrected chi connectivity index (χ3v) is 2.61. The van der Waals surface area contributed by atoms with Gasteiger partial charge in [0.25, 0.3) is 0 Å². The second-order valence-electron chi connectivity index (χ2n) is 3.48. The van der Waals surface area contributed by atoms with Gasteiger partial charge in [0.2, 0.25) is 0 Å². The summed E-state index contributed by atoms with van der Waals surface area (Å²) in [6, 6.07) is 5.51.